The largest absolute Gasteiger partial charge is 0.462 e. The zero-order chi connectivity index (χ0) is 21.0. The molecule has 0 aromatic heterocycles. The minimum absolute atomic E-state index is 0.00398. The Balaban J connectivity index is 1.59. The highest BCUT2D eigenvalue weighted by Crippen LogP contribution is 2.63. The second kappa shape index (κ2) is 7.10. The smallest absolute Gasteiger partial charge is 0.308 e. The predicted molar refractivity (Wildman–Crippen MR) is 107 cm³/mol. The van der Waals surface area contributed by atoms with Crippen LogP contribution in [0.4, 0.5) is 0 Å². The van der Waals surface area contributed by atoms with E-state index in [9.17, 15) is 14.4 Å². The Kier molecular flexibility index (Phi) is 4.99. The molecule has 5 nitrogen and oxygen atoms in total. The van der Waals surface area contributed by atoms with Crippen LogP contribution in [0.15, 0.2) is 23.5 Å². The highest BCUT2D eigenvalue weighted by molar-refractivity contribution is 6.02. The lowest BCUT2D eigenvalue weighted by Crippen LogP contribution is -2.51. The molecule has 0 N–H and O–H groups in total. The summed E-state index contributed by atoms with van der Waals surface area (Å²) in [5, 5.41) is 0. The van der Waals surface area contributed by atoms with Crippen molar-refractivity contribution in [1.82, 2.24) is 0 Å². The molecule has 0 heterocycles. The molecule has 0 amide bonds. The van der Waals surface area contributed by atoms with Gasteiger partial charge < -0.3 is 9.47 Å². The van der Waals surface area contributed by atoms with Crippen molar-refractivity contribution in [3.05, 3.63) is 23.5 Å². The summed E-state index contributed by atoms with van der Waals surface area (Å²) in [5.41, 5.74) is 1.07. The molecule has 4 aliphatic carbocycles. The number of carbonyl (C=O) groups excluding carboxylic acids is 3. The molecule has 29 heavy (non-hydrogen) atoms. The average molecular weight is 401 g/mol. The summed E-state index contributed by atoms with van der Waals surface area (Å²) in [6.45, 7) is 7.59. The van der Waals surface area contributed by atoms with Gasteiger partial charge in [-0.1, -0.05) is 32.4 Å². The summed E-state index contributed by atoms with van der Waals surface area (Å²) in [4.78, 5) is 36.2. The van der Waals surface area contributed by atoms with E-state index in [0.29, 0.717) is 18.3 Å². The van der Waals surface area contributed by atoms with Gasteiger partial charge in [-0.15, -0.1) is 0 Å². The predicted octanol–water partition coefficient (Wildman–Crippen LogP) is 4.51. The van der Waals surface area contributed by atoms with Crippen molar-refractivity contribution in [2.45, 2.75) is 78.7 Å². The van der Waals surface area contributed by atoms with Gasteiger partial charge in [-0.3, -0.25) is 14.4 Å². The van der Waals surface area contributed by atoms with Crippen molar-refractivity contribution in [2.24, 2.45) is 28.6 Å². The molecule has 2 fully saturated rings. The van der Waals surface area contributed by atoms with E-state index >= 15 is 0 Å². The van der Waals surface area contributed by atoms with E-state index in [4.69, 9.17) is 9.47 Å². The maximum Gasteiger partial charge on any atom is 0.308 e. The molecule has 6 atom stereocenters. The average Bonchev–Trinajstić information content (AvgIpc) is 2.92. The molecule has 0 spiro atoms. The number of esters is 2. The quantitative estimate of drug-likeness (QED) is 0.515. The van der Waals surface area contributed by atoms with Crippen molar-refractivity contribution in [3.63, 3.8) is 0 Å². The number of Topliss-reactive ketones (excluding diaryl/α,β-unsaturated/α-hetero) is 1. The third-order valence-corrected chi connectivity index (χ3v) is 8.22. The lowest BCUT2D eigenvalue weighted by molar-refractivity contribution is -0.151. The van der Waals surface area contributed by atoms with E-state index in [-0.39, 0.29) is 34.9 Å². The van der Waals surface area contributed by atoms with Crippen LogP contribution in [0.1, 0.15) is 72.6 Å². The Morgan fingerprint density at radius 1 is 1.17 bits per heavy atom. The third-order valence-electron chi connectivity index (χ3n) is 8.22. The van der Waals surface area contributed by atoms with Gasteiger partial charge in [-0.2, -0.15) is 0 Å². The van der Waals surface area contributed by atoms with Crippen molar-refractivity contribution >= 4 is 17.7 Å². The van der Waals surface area contributed by atoms with Crippen LogP contribution in [-0.2, 0) is 23.9 Å². The van der Waals surface area contributed by atoms with Gasteiger partial charge in [0, 0.05) is 25.2 Å². The van der Waals surface area contributed by atoms with Crippen molar-refractivity contribution in [3.8, 4) is 0 Å². The fraction of sp³-hybridized carbons (Fsp3) is 0.708. The topological polar surface area (TPSA) is 69.7 Å². The Bertz CT molecular complexity index is 808. The zero-order valence-electron chi connectivity index (χ0n) is 18.0. The van der Waals surface area contributed by atoms with Crippen LogP contribution in [-0.4, -0.2) is 23.8 Å². The first kappa shape index (κ1) is 20.4. The molecular formula is C24H32O5. The molecular weight excluding hydrogens is 368 g/mol. The lowest BCUT2D eigenvalue weighted by atomic mass is 9.48. The van der Waals surface area contributed by atoms with Gasteiger partial charge in [-0.25, -0.2) is 0 Å². The minimum Gasteiger partial charge on any atom is -0.462 e. The number of allylic oxidation sites excluding steroid dienone is 3. The molecule has 0 aliphatic heterocycles. The van der Waals surface area contributed by atoms with E-state index in [1.54, 1.807) is 0 Å². The number of hydrogen-bond acceptors (Lipinski definition) is 5. The van der Waals surface area contributed by atoms with Crippen LogP contribution in [0.2, 0.25) is 0 Å². The van der Waals surface area contributed by atoms with Crippen LogP contribution in [0, 0.1) is 28.6 Å². The SMILES string of the molecule is CCC(=O)O[C@H]1CC[C@@]2(C)C(=CC[C@@H]3[C@@H]2CC[C@]2(C)C(=O)C(OC(C)=O)=C[C@@H]32)C1. The first-order valence-electron chi connectivity index (χ1n) is 11.0. The monoisotopic (exact) mass is 400 g/mol. The molecule has 2 saturated carbocycles. The standard InChI is InChI=1S/C24H32O5/c1-5-21(26)29-16-8-10-23(3)15(12-16)6-7-17-18(23)9-11-24(4)19(17)13-20(22(24)27)28-14(2)25/h6,13,16-19H,5,7-12H2,1-4H3/t16-,17+,18-,19-,23-,24-/m0/s1. The van der Waals surface area contributed by atoms with Gasteiger partial charge in [0.25, 0.3) is 0 Å². The second-order valence-corrected chi connectivity index (χ2v) is 9.80. The highest BCUT2D eigenvalue weighted by atomic mass is 16.5. The molecule has 4 aliphatic rings. The maximum atomic E-state index is 13.0. The van der Waals surface area contributed by atoms with Crippen LogP contribution in [0.25, 0.3) is 0 Å². The number of carbonyl (C=O) groups is 3. The number of ether oxygens (including phenoxy) is 2. The van der Waals surface area contributed by atoms with Gasteiger partial charge in [0.15, 0.2) is 5.76 Å². The summed E-state index contributed by atoms with van der Waals surface area (Å²) in [6, 6.07) is 0. The van der Waals surface area contributed by atoms with Crippen molar-refractivity contribution in [1.29, 1.82) is 0 Å². The number of ketones is 1. The normalized spacial score (nSPS) is 40.8. The Labute approximate surface area is 172 Å². The van der Waals surface area contributed by atoms with Crippen molar-refractivity contribution < 1.29 is 23.9 Å². The van der Waals surface area contributed by atoms with Gasteiger partial charge in [0.1, 0.15) is 6.10 Å². The van der Waals surface area contributed by atoms with Crippen LogP contribution in [0.3, 0.4) is 0 Å². The summed E-state index contributed by atoms with van der Waals surface area (Å²) >= 11 is 0. The molecule has 0 aromatic rings. The fourth-order valence-corrected chi connectivity index (χ4v) is 6.58. The van der Waals surface area contributed by atoms with Crippen LogP contribution < -0.4 is 0 Å². The Morgan fingerprint density at radius 3 is 2.59 bits per heavy atom. The van der Waals surface area contributed by atoms with Crippen LogP contribution in [0.5, 0.6) is 0 Å². The van der Waals surface area contributed by atoms with E-state index in [0.717, 1.165) is 38.5 Å². The first-order valence-corrected chi connectivity index (χ1v) is 11.0. The lowest BCUT2D eigenvalue weighted by Gasteiger charge is -2.56. The summed E-state index contributed by atoms with van der Waals surface area (Å²) in [5.74, 6) is 0.703. The molecule has 0 radical (unpaired) electrons. The summed E-state index contributed by atoms with van der Waals surface area (Å²) < 4.78 is 10.9. The van der Waals surface area contributed by atoms with Crippen molar-refractivity contribution in [2.75, 3.05) is 0 Å². The second-order valence-electron chi connectivity index (χ2n) is 9.80. The molecule has 0 saturated heterocycles. The Hall–Kier alpha value is -1.91. The number of rotatable bonds is 3. The molecule has 0 bridgehead atoms. The number of fused-ring (bicyclic) bond motifs is 5. The minimum atomic E-state index is -0.457. The number of hydrogen-bond donors (Lipinski definition) is 0. The third kappa shape index (κ3) is 3.17. The van der Waals surface area contributed by atoms with Gasteiger partial charge in [0.05, 0.1) is 0 Å². The molecule has 0 aromatic carbocycles. The molecule has 0 unspecified atom stereocenters. The van der Waals surface area contributed by atoms with Gasteiger partial charge in [0.2, 0.25) is 5.78 Å². The molecule has 4 rings (SSSR count). The van der Waals surface area contributed by atoms with E-state index in [1.807, 2.05) is 19.9 Å². The maximum absolute atomic E-state index is 13.0. The van der Waals surface area contributed by atoms with E-state index in [2.05, 4.69) is 13.0 Å². The van der Waals surface area contributed by atoms with E-state index in [1.165, 1.54) is 12.5 Å². The molecule has 5 heteroatoms. The van der Waals surface area contributed by atoms with E-state index < -0.39 is 11.4 Å². The van der Waals surface area contributed by atoms with Crippen LogP contribution >= 0.6 is 0 Å². The summed E-state index contributed by atoms with van der Waals surface area (Å²) in [6.07, 6.45) is 10.2. The highest BCUT2D eigenvalue weighted by Gasteiger charge is 2.59. The summed E-state index contributed by atoms with van der Waals surface area (Å²) in [7, 11) is 0. The Morgan fingerprint density at radius 2 is 1.90 bits per heavy atom. The fourth-order valence-electron chi connectivity index (χ4n) is 6.58. The van der Waals surface area contributed by atoms with Gasteiger partial charge in [-0.05, 0) is 61.3 Å². The molecule has 158 valence electrons. The van der Waals surface area contributed by atoms with Gasteiger partial charge >= 0.3 is 11.9 Å². The first-order chi connectivity index (χ1) is 13.7. The zero-order valence-corrected chi connectivity index (χ0v) is 18.0.